The third kappa shape index (κ3) is 2.67. The number of esters is 1. The number of ketones is 1. The molecule has 1 aliphatic carbocycles. The molecule has 0 heterocycles. The van der Waals surface area contributed by atoms with Gasteiger partial charge in [-0.3, -0.25) is 4.79 Å². The summed E-state index contributed by atoms with van der Waals surface area (Å²) in [4.78, 5) is 24.5. The minimum Gasteiger partial charge on any atom is -0.422 e. The average molecular weight is 294 g/mol. The summed E-state index contributed by atoms with van der Waals surface area (Å²) in [6.07, 6.45) is 2.25. The first-order valence-electron chi connectivity index (χ1n) is 7.51. The molecule has 0 atom stereocenters. The van der Waals surface area contributed by atoms with Gasteiger partial charge in [-0.1, -0.05) is 23.8 Å². The number of fused-ring (bicyclic) bond motifs is 1. The van der Waals surface area contributed by atoms with E-state index in [1.165, 1.54) is 0 Å². The molecule has 3 heteroatoms. The minimum absolute atomic E-state index is 0.0667. The zero-order valence-corrected chi connectivity index (χ0v) is 12.8. The summed E-state index contributed by atoms with van der Waals surface area (Å²) in [6, 6.07) is 10.9. The van der Waals surface area contributed by atoms with Crippen LogP contribution in [-0.4, -0.2) is 11.8 Å². The van der Waals surface area contributed by atoms with E-state index in [9.17, 15) is 9.59 Å². The lowest BCUT2D eigenvalue weighted by Gasteiger charge is -2.20. The van der Waals surface area contributed by atoms with Crippen LogP contribution >= 0.6 is 0 Å². The number of hydrogen-bond donors (Lipinski definition) is 0. The van der Waals surface area contributed by atoms with Crippen molar-refractivity contribution in [1.29, 1.82) is 0 Å². The molecule has 0 spiro atoms. The molecule has 3 rings (SSSR count). The number of benzene rings is 2. The predicted molar refractivity (Wildman–Crippen MR) is 84.6 cm³/mol. The van der Waals surface area contributed by atoms with Crippen molar-refractivity contribution in [2.45, 2.75) is 33.1 Å². The average Bonchev–Trinajstić information content (AvgIpc) is 2.50. The topological polar surface area (TPSA) is 43.4 Å². The number of carbonyl (C=O) groups is 2. The second kappa shape index (κ2) is 5.76. The Kier molecular flexibility index (Phi) is 3.80. The van der Waals surface area contributed by atoms with Crippen LogP contribution in [0.5, 0.6) is 5.75 Å². The van der Waals surface area contributed by atoms with Crippen molar-refractivity contribution in [3.8, 4) is 5.75 Å². The Morgan fingerprint density at radius 2 is 1.91 bits per heavy atom. The van der Waals surface area contributed by atoms with Gasteiger partial charge in [-0.2, -0.15) is 0 Å². The van der Waals surface area contributed by atoms with E-state index in [4.69, 9.17) is 4.74 Å². The summed E-state index contributed by atoms with van der Waals surface area (Å²) < 4.78 is 5.52. The van der Waals surface area contributed by atoms with Gasteiger partial charge in [-0.25, -0.2) is 4.79 Å². The molecule has 0 N–H and O–H groups in total. The smallest absolute Gasteiger partial charge is 0.343 e. The van der Waals surface area contributed by atoms with Crippen LogP contribution in [0.2, 0.25) is 0 Å². The molecular weight excluding hydrogens is 276 g/mol. The van der Waals surface area contributed by atoms with Crippen molar-refractivity contribution < 1.29 is 14.3 Å². The molecule has 0 aliphatic heterocycles. The van der Waals surface area contributed by atoms with Crippen LogP contribution in [0.4, 0.5) is 0 Å². The van der Waals surface area contributed by atoms with E-state index >= 15 is 0 Å². The Bertz CT molecular complexity index is 759. The van der Waals surface area contributed by atoms with E-state index in [2.05, 4.69) is 0 Å². The molecule has 0 unspecified atom stereocenters. The SMILES string of the molecule is Cc1cccc(C(=O)Oc2ccc(C)c3c2C(=O)CCC3)c1. The summed E-state index contributed by atoms with van der Waals surface area (Å²) in [6.45, 7) is 3.91. The molecule has 2 aromatic carbocycles. The Hall–Kier alpha value is -2.42. The van der Waals surface area contributed by atoms with Crippen molar-refractivity contribution in [3.05, 3.63) is 64.2 Å². The second-order valence-electron chi connectivity index (χ2n) is 5.77. The van der Waals surface area contributed by atoms with Crippen LogP contribution in [0.1, 0.15) is 50.2 Å². The largest absolute Gasteiger partial charge is 0.422 e. The van der Waals surface area contributed by atoms with E-state index in [0.717, 1.165) is 29.5 Å². The Morgan fingerprint density at radius 1 is 1.09 bits per heavy atom. The molecule has 22 heavy (non-hydrogen) atoms. The van der Waals surface area contributed by atoms with Crippen LogP contribution < -0.4 is 4.74 Å². The van der Waals surface area contributed by atoms with Crippen molar-refractivity contribution >= 4 is 11.8 Å². The summed E-state index contributed by atoms with van der Waals surface area (Å²) >= 11 is 0. The zero-order valence-electron chi connectivity index (χ0n) is 12.8. The van der Waals surface area contributed by atoms with Crippen LogP contribution in [0.25, 0.3) is 0 Å². The Labute approximate surface area is 129 Å². The summed E-state index contributed by atoms with van der Waals surface area (Å²) in [7, 11) is 0. The molecule has 0 fully saturated rings. The highest BCUT2D eigenvalue weighted by atomic mass is 16.5. The van der Waals surface area contributed by atoms with Gasteiger partial charge in [0.25, 0.3) is 0 Å². The van der Waals surface area contributed by atoms with Crippen molar-refractivity contribution in [1.82, 2.24) is 0 Å². The third-order valence-corrected chi connectivity index (χ3v) is 4.07. The van der Waals surface area contributed by atoms with Gasteiger partial charge in [0.2, 0.25) is 0 Å². The van der Waals surface area contributed by atoms with Crippen molar-refractivity contribution in [3.63, 3.8) is 0 Å². The van der Waals surface area contributed by atoms with E-state index in [-0.39, 0.29) is 5.78 Å². The zero-order chi connectivity index (χ0) is 15.7. The Morgan fingerprint density at radius 3 is 2.68 bits per heavy atom. The lowest BCUT2D eigenvalue weighted by molar-refractivity contribution is 0.0731. The highest BCUT2D eigenvalue weighted by molar-refractivity contribution is 6.02. The quantitative estimate of drug-likeness (QED) is 0.620. The van der Waals surface area contributed by atoms with Crippen LogP contribution in [0.3, 0.4) is 0 Å². The maximum atomic E-state index is 12.3. The maximum absolute atomic E-state index is 12.3. The van der Waals surface area contributed by atoms with Gasteiger partial charge in [0.05, 0.1) is 11.1 Å². The number of Topliss-reactive ketones (excluding diaryl/α,β-unsaturated/α-hetero) is 1. The third-order valence-electron chi connectivity index (χ3n) is 4.07. The number of ether oxygens (including phenoxy) is 1. The Balaban J connectivity index is 1.96. The molecule has 112 valence electrons. The molecule has 0 radical (unpaired) electrons. The number of aryl methyl sites for hydroxylation is 2. The normalized spacial score (nSPS) is 13.6. The maximum Gasteiger partial charge on any atom is 0.343 e. The van der Waals surface area contributed by atoms with Gasteiger partial charge in [0.1, 0.15) is 5.75 Å². The van der Waals surface area contributed by atoms with Crippen molar-refractivity contribution in [2.24, 2.45) is 0 Å². The fourth-order valence-electron chi connectivity index (χ4n) is 2.92. The monoisotopic (exact) mass is 294 g/mol. The van der Waals surface area contributed by atoms with E-state index in [0.29, 0.717) is 23.3 Å². The van der Waals surface area contributed by atoms with Crippen LogP contribution in [0, 0.1) is 13.8 Å². The van der Waals surface area contributed by atoms with Crippen molar-refractivity contribution in [2.75, 3.05) is 0 Å². The van der Waals surface area contributed by atoms with Crippen LogP contribution in [-0.2, 0) is 6.42 Å². The molecular formula is C19H18O3. The van der Waals surface area contributed by atoms with Gasteiger partial charge in [0, 0.05) is 6.42 Å². The highest BCUT2D eigenvalue weighted by Gasteiger charge is 2.24. The fraction of sp³-hybridized carbons (Fsp3) is 0.263. The fourth-order valence-corrected chi connectivity index (χ4v) is 2.92. The first-order chi connectivity index (χ1) is 10.6. The van der Waals surface area contributed by atoms with E-state index in [1.807, 2.05) is 32.0 Å². The van der Waals surface area contributed by atoms with Gasteiger partial charge in [0.15, 0.2) is 5.78 Å². The number of rotatable bonds is 2. The molecule has 0 saturated heterocycles. The summed E-state index contributed by atoms with van der Waals surface area (Å²) in [5, 5.41) is 0. The number of carbonyl (C=O) groups excluding carboxylic acids is 2. The molecule has 1 aliphatic rings. The van der Waals surface area contributed by atoms with Crippen LogP contribution in [0.15, 0.2) is 36.4 Å². The predicted octanol–water partition coefficient (Wildman–Crippen LogP) is 4.04. The molecule has 0 saturated carbocycles. The molecule has 3 nitrogen and oxygen atoms in total. The van der Waals surface area contributed by atoms with E-state index in [1.54, 1.807) is 18.2 Å². The van der Waals surface area contributed by atoms with Gasteiger partial charge < -0.3 is 4.74 Å². The first-order valence-corrected chi connectivity index (χ1v) is 7.51. The number of hydrogen-bond acceptors (Lipinski definition) is 3. The van der Waals surface area contributed by atoms with E-state index < -0.39 is 5.97 Å². The lowest BCUT2D eigenvalue weighted by atomic mass is 9.87. The second-order valence-corrected chi connectivity index (χ2v) is 5.77. The standard InChI is InChI=1S/C19H18O3/c1-12-5-3-6-14(11-12)19(21)22-17-10-9-13(2)15-7-4-8-16(20)18(15)17/h3,5-6,9-11H,4,7-8H2,1-2H3. The first kappa shape index (κ1) is 14.5. The minimum atomic E-state index is -0.423. The van der Waals surface area contributed by atoms with Gasteiger partial charge >= 0.3 is 5.97 Å². The molecule has 0 aromatic heterocycles. The lowest BCUT2D eigenvalue weighted by Crippen LogP contribution is -2.17. The van der Waals surface area contributed by atoms with Gasteiger partial charge in [-0.05, 0) is 56.0 Å². The molecule has 0 amide bonds. The molecule has 2 aromatic rings. The molecule has 0 bridgehead atoms. The highest BCUT2D eigenvalue weighted by Crippen LogP contribution is 2.32. The summed E-state index contributed by atoms with van der Waals surface area (Å²) in [5.74, 6) is 0.0296. The van der Waals surface area contributed by atoms with Gasteiger partial charge in [-0.15, -0.1) is 0 Å². The summed E-state index contributed by atoms with van der Waals surface area (Å²) in [5.41, 5.74) is 4.19.